The van der Waals surface area contributed by atoms with E-state index in [1.165, 1.54) is 19.3 Å². The van der Waals surface area contributed by atoms with E-state index >= 15 is 0 Å². The third-order valence-electron chi connectivity index (χ3n) is 5.87. The van der Waals surface area contributed by atoms with E-state index in [-0.39, 0.29) is 0 Å². The normalized spacial score (nSPS) is 15.5. The molecular weight excluding hydrogens is 438 g/mol. The Hall–Kier alpha value is -2.22. The van der Waals surface area contributed by atoms with Gasteiger partial charge in [0.15, 0.2) is 4.80 Å². The largest absolute Gasteiger partial charge is 0.316 e. The van der Waals surface area contributed by atoms with Crippen molar-refractivity contribution in [2.75, 3.05) is 13.1 Å². The van der Waals surface area contributed by atoms with Crippen LogP contribution in [-0.2, 0) is 16.6 Å². The van der Waals surface area contributed by atoms with Gasteiger partial charge in [-0.25, -0.2) is 13.4 Å². The van der Waals surface area contributed by atoms with E-state index in [0.717, 1.165) is 47.6 Å². The minimum absolute atomic E-state index is 0.377. The average molecular weight is 470 g/mol. The lowest BCUT2D eigenvalue weighted by Crippen LogP contribution is -2.27. The third kappa shape index (κ3) is 5.22. The van der Waals surface area contributed by atoms with Gasteiger partial charge >= 0.3 is 0 Å². The fourth-order valence-corrected chi connectivity index (χ4v) is 6.52. The molecule has 0 N–H and O–H groups in total. The molecule has 0 unspecified atom stereocenters. The van der Waals surface area contributed by atoms with Gasteiger partial charge in [0.2, 0.25) is 10.0 Å². The molecule has 32 heavy (non-hydrogen) atoms. The number of benzene rings is 2. The Morgan fingerprint density at radius 2 is 1.66 bits per heavy atom. The first-order valence-corrected chi connectivity index (χ1v) is 13.8. The fraction of sp³-hybridized carbons (Fsp3) is 0.400. The van der Waals surface area contributed by atoms with Gasteiger partial charge in [-0.3, -0.25) is 0 Å². The van der Waals surface area contributed by atoms with Crippen LogP contribution in [0.3, 0.4) is 0 Å². The lowest BCUT2D eigenvalue weighted by Gasteiger charge is -2.16. The van der Waals surface area contributed by atoms with Crippen molar-refractivity contribution in [3.8, 4) is 11.3 Å². The molecule has 170 valence electrons. The molecule has 2 heterocycles. The zero-order valence-electron chi connectivity index (χ0n) is 18.6. The van der Waals surface area contributed by atoms with Gasteiger partial charge in [-0.15, -0.1) is 11.3 Å². The molecule has 1 aliphatic rings. The predicted octanol–water partition coefficient (Wildman–Crippen LogP) is 5.81. The molecule has 5 nitrogen and oxygen atoms in total. The highest BCUT2D eigenvalue weighted by molar-refractivity contribution is 7.89. The predicted molar refractivity (Wildman–Crippen MR) is 132 cm³/mol. The van der Waals surface area contributed by atoms with E-state index in [2.05, 4.69) is 16.9 Å². The van der Waals surface area contributed by atoms with E-state index in [1.54, 1.807) is 27.8 Å². The van der Waals surface area contributed by atoms with Crippen LogP contribution in [0.25, 0.3) is 11.3 Å². The second-order valence-corrected chi connectivity index (χ2v) is 11.0. The minimum atomic E-state index is -3.39. The first kappa shape index (κ1) is 23.0. The average Bonchev–Trinajstić information content (AvgIpc) is 3.49. The van der Waals surface area contributed by atoms with E-state index in [1.807, 2.05) is 42.5 Å². The molecule has 1 aromatic heterocycles. The van der Waals surface area contributed by atoms with Crippen molar-refractivity contribution in [3.63, 3.8) is 0 Å². The maximum absolute atomic E-state index is 12.9. The molecule has 0 atom stereocenters. The van der Waals surface area contributed by atoms with Gasteiger partial charge in [0.05, 0.1) is 16.3 Å². The van der Waals surface area contributed by atoms with Crippen molar-refractivity contribution in [1.82, 2.24) is 8.87 Å². The molecule has 0 amide bonds. The Labute approximate surface area is 195 Å². The Bertz CT molecular complexity index is 1170. The molecule has 0 saturated carbocycles. The number of sulfonamides is 1. The van der Waals surface area contributed by atoms with Crippen LogP contribution in [0.2, 0.25) is 0 Å². The number of hydrogen-bond donors (Lipinski definition) is 0. The van der Waals surface area contributed by atoms with Crippen LogP contribution in [0.1, 0.15) is 45.4 Å². The quantitative estimate of drug-likeness (QED) is 0.371. The van der Waals surface area contributed by atoms with Crippen molar-refractivity contribution in [2.45, 2.75) is 56.9 Å². The van der Waals surface area contributed by atoms with Crippen LogP contribution in [0, 0.1) is 0 Å². The van der Waals surface area contributed by atoms with Crippen molar-refractivity contribution < 1.29 is 8.42 Å². The van der Waals surface area contributed by atoms with Gasteiger partial charge in [-0.05, 0) is 49.1 Å². The van der Waals surface area contributed by atoms with Gasteiger partial charge in [0.1, 0.15) is 0 Å². The highest BCUT2D eigenvalue weighted by atomic mass is 32.2. The van der Waals surface area contributed by atoms with Gasteiger partial charge < -0.3 is 4.57 Å². The molecule has 1 aliphatic heterocycles. The van der Waals surface area contributed by atoms with Crippen molar-refractivity contribution >= 4 is 27.0 Å². The summed E-state index contributed by atoms with van der Waals surface area (Å²) in [6.45, 7) is 4.36. The summed E-state index contributed by atoms with van der Waals surface area (Å²) < 4.78 is 29.6. The van der Waals surface area contributed by atoms with Crippen molar-refractivity contribution in [2.24, 2.45) is 4.99 Å². The highest BCUT2D eigenvalue weighted by Crippen LogP contribution is 2.26. The Balaban J connectivity index is 1.65. The first-order valence-electron chi connectivity index (χ1n) is 11.5. The van der Waals surface area contributed by atoms with Crippen LogP contribution in [0.5, 0.6) is 0 Å². The smallest absolute Gasteiger partial charge is 0.243 e. The summed E-state index contributed by atoms with van der Waals surface area (Å²) in [6.07, 6.45) is 6.61. The molecule has 0 spiro atoms. The summed E-state index contributed by atoms with van der Waals surface area (Å²) in [5, 5.41) is 2.13. The van der Waals surface area contributed by atoms with E-state index in [0.29, 0.717) is 18.0 Å². The molecular formula is C25H31N3O2S2. The van der Waals surface area contributed by atoms with Gasteiger partial charge in [0.25, 0.3) is 0 Å². The molecule has 0 aliphatic carbocycles. The molecule has 0 radical (unpaired) electrons. The maximum Gasteiger partial charge on any atom is 0.243 e. The standard InChI is InChI=1S/C25H31N3O2S2/c1-2-3-4-8-19-28-24(20-31-25(28)26-22-11-6-5-7-12-22)21-13-15-23(16-14-21)32(29,30)27-17-9-10-18-27/h5-7,11-16,20H,2-4,8-10,17-19H2,1H3. The van der Waals surface area contributed by atoms with Crippen LogP contribution in [0.15, 0.2) is 69.9 Å². The monoisotopic (exact) mass is 469 g/mol. The zero-order valence-corrected chi connectivity index (χ0v) is 20.2. The summed E-state index contributed by atoms with van der Waals surface area (Å²) in [4.78, 5) is 6.22. The molecule has 1 fully saturated rings. The second-order valence-electron chi connectivity index (χ2n) is 8.20. The third-order valence-corrected chi connectivity index (χ3v) is 8.64. The van der Waals surface area contributed by atoms with Crippen molar-refractivity contribution in [3.05, 3.63) is 64.8 Å². The lowest BCUT2D eigenvalue weighted by molar-refractivity contribution is 0.477. The van der Waals surface area contributed by atoms with Gasteiger partial charge in [0, 0.05) is 25.0 Å². The van der Waals surface area contributed by atoms with Gasteiger partial charge in [-0.1, -0.05) is 56.5 Å². The van der Waals surface area contributed by atoms with E-state index < -0.39 is 10.0 Å². The van der Waals surface area contributed by atoms with Gasteiger partial charge in [-0.2, -0.15) is 4.31 Å². The SMILES string of the molecule is CCCCCCn1c(-c2ccc(S(=O)(=O)N3CCCC3)cc2)csc1=Nc1ccccc1. The highest BCUT2D eigenvalue weighted by Gasteiger charge is 2.27. The first-order chi connectivity index (χ1) is 15.6. The number of unbranched alkanes of at least 4 members (excludes halogenated alkanes) is 3. The van der Waals surface area contributed by atoms with Crippen LogP contribution < -0.4 is 4.80 Å². The number of hydrogen-bond acceptors (Lipinski definition) is 4. The van der Waals surface area contributed by atoms with Crippen LogP contribution in [0.4, 0.5) is 5.69 Å². The summed E-state index contributed by atoms with van der Waals surface area (Å²) in [6, 6.07) is 17.4. The van der Waals surface area contributed by atoms with Crippen LogP contribution >= 0.6 is 11.3 Å². The Morgan fingerprint density at radius 1 is 0.938 bits per heavy atom. The minimum Gasteiger partial charge on any atom is -0.316 e. The number of para-hydroxylation sites is 1. The zero-order chi connectivity index (χ0) is 22.4. The van der Waals surface area contributed by atoms with Crippen molar-refractivity contribution in [1.29, 1.82) is 0 Å². The summed E-state index contributed by atoms with van der Waals surface area (Å²) in [7, 11) is -3.39. The maximum atomic E-state index is 12.9. The number of nitrogens with zero attached hydrogens (tertiary/aromatic N) is 3. The number of rotatable bonds is 9. The fourth-order valence-electron chi connectivity index (χ4n) is 4.05. The summed E-state index contributed by atoms with van der Waals surface area (Å²) in [5.41, 5.74) is 3.05. The molecule has 3 aromatic rings. The number of aromatic nitrogens is 1. The Morgan fingerprint density at radius 3 is 2.34 bits per heavy atom. The number of thiazole rings is 1. The molecule has 2 aromatic carbocycles. The Kier molecular flexibility index (Phi) is 7.60. The molecule has 7 heteroatoms. The lowest BCUT2D eigenvalue weighted by atomic mass is 10.1. The molecule has 0 bridgehead atoms. The molecule has 1 saturated heterocycles. The molecule has 4 rings (SSSR count). The topological polar surface area (TPSA) is 54.7 Å². The van der Waals surface area contributed by atoms with Crippen LogP contribution in [-0.4, -0.2) is 30.4 Å². The second kappa shape index (κ2) is 10.6. The summed E-state index contributed by atoms with van der Waals surface area (Å²) >= 11 is 1.63. The van der Waals surface area contributed by atoms with E-state index in [9.17, 15) is 8.42 Å². The summed E-state index contributed by atoms with van der Waals surface area (Å²) in [5.74, 6) is 0. The van der Waals surface area contributed by atoms with E-state index in [4.69, 9.17) is 4.99 Å².